The van der Waals surface area contributed by atoms with E-state index in [0.717, 1.165) is 18.7 Å². The number of hydrogen-bond donors (Lipinski definition) is 1. The SMILES string of the molecule is Cc1cc(C)cc(N(C)C(=O)CCC2CCCN2)c1. The number of benzene rings is 1. The molecule has 3 nitrogen and oxygen atoms in total. The van der Waals surface area contributed by atoms with Crippen molar-refractivity contribution in [2.75, 3.05) is 18.5 Å². The Morgan fingerprint density at radius 2 is 2.00 bits per heavy atom. The fraction of sp³-hybridized carbons (Fsp3) is 0.562. The molecule has 1 aliphatic heterocycles. The molecule has 0 radical (unpaired) electrons. The van der Waals surface area contributed by atoms with Crippen molar-refractivity contribution in [2.24, 2.45) is 0 Å². The van der Waals surface area contributed by atoms with Crippen LogP contribution in [0.25, 0.3) is 0 Å². The molecule has 3 heteroatoms. The first kappa shape index (κ1) is 14.1. The normalized spacial score (nSPS) is 18.6. The third-order valence-electron chi connectivity index (χ3n) is 3.84. The molecule has 1 saturated heterocycles. The number of nitrogens with zero attached hydrogens (tertiary/aromatic N) is 1. The van der Waals surface area contributed by atoms with Crippen LogP contribution in [0, 0.1) is 13.8 Å². The van der Waals surface area contributed by atoms with Gasteiger partial charge in [0.2, 0.25) is 5.91 Å². The Morgan fingerprint density at radius 3 is 2.58 bits per heavy atom. The zero-order valence-electron chi connectivity index (χ0n) is 12.2. The highest BCUT2D eigenvalue weighted by atomic mass is 16.2. The summed E-state index contributed by atoms with van der Waals surface area (Å²) in [6.45, 7) is 5.24. The van der Waals surface area contributed by atoms with Crippen molar-refractivity contribution in [3.8, 4) is 0 Å². The van der Waals surface area contributed by atoms with Gasteiger partial charge in [0.15, 0.2) is 0 Å². The van der Waals surface area contributed by atoms with Gasteiger partial charge in [-0.2, -0.15) is 0 Å². The lowest BCUT2D eigenvalue weighted by atomic mass is 10.1. The third kappa shape index (κ3) is 3.80. The van der Waals surface area contributed by atoms with Gasteiger partial charge in [-0.05, 0) is 62.9 Å². The second-order valence-corrected chi connectivity index (χ2v) is 5.63. The Bertz CT molecular complexity index is 430. The number of nitrogens with one attached hydrogen (secondary N) is 1. The lowest BCUT2D eigenvalue weighted by Gasteiger charge is -2.19. The Labute approximate surface area is 116 Å². The van der Waals surface area contributed by atoms with Crippen molar-refractivity contribution >= 4 is 11.6 Å². The molecule has 104 valence electrons. The average Bonchev–Trinajstić information content (AvgIpc) is 2.87. The van der Waals surface area contributed by atoms with Crippen molar-refractivity contribution in [2.45, 2.75) is 45.6 Å². The number of amides is 1. The molecule has 0 spiro atoms. The monoisotopic (exact) mass is 260 g/mol. The second-order valence-electron chi connectivity index (χ2n) is 5.63. The van der Waals surface area contributed by atoms with E-state index < -0.39 is 0 Å². The summed E-state index contributed by atoms with van der Waals surface area (Å²) in [4.78, 5) is 14.0. The number of carbonyl (C=O) groups is 1. The molecule has 1 aromatic rings. The van der Waals surface area contributed by atoms with Gasteiger partial charge in [-0.15, -0.1) is 0 Å². The lowest BCUT2D eigenvalue weighted by Crippen LogP contribution is -2.29. The topological polar surface area (TPSA) is 32.3 Å². The fourth-order valence-electron chi connectivity index (χ4n) is 2.76. The van der Waals surface area contributed by atoms with Crippen molar-refractivity contribution in [3.05, 3.63) is 29.3 Å². The van der Waals surface area contributed by atoms with Gasteiger partial charge in [-0.3, -0.25) is 4.79 Å². The van der Waals surface area contributed by atoms with Crippen LogP contribution in [0.5, 0.6) is 0 Å². The summed E-state index contributed by atoms with van der Waals surface area (Å²) in [6, 6.07) is 6.80. The summed E-state index contributed by atoms with van der Waals surface area (Å²) in [5.74, 6) is 0.207. The standard InChI is InChI=1S/C16H24N2O/c1-12-9-13(2)11-15(10-12)18(3)16(19)7-6-14-5-4-8-17-14/h9-11,14,17H,4-8H2,1-3H3. The molecule has 0 bridgehead atoms. The molecular weight excluding hydrogens is 236 g/mol. The Kier molecular flexibility index (Phi) is 4.59. The summed E-state index contributed by atoms with van der Waals surface area (Å²) >= 11 is 0. The highest BCUT2D eigenvalue weighted by Gasteiger charge is 2.17. The predicted molar refractivity (Wildman–Crippen MR) is 79.6 cm³/mol. The average molecular weight is 260 g/mol. The minimum Gasteiger partial charge on any atom is -0.315 e. The van der Waals surface area contributed by atoms with Gasteiger partial charge in [0, 0.05) is 25.2 Å². The fourth-order valence-corrected chi connectivity index (χ4v) is 2.76. The maximum atomic E-state index is 12.2. The highest BCUT2D eigenvalue weighted by molar-refractivity contribution is 5.92. The maximum absolute atomic E-state index is 12.2. The van der Waals surface area contributed by atoms with Gasteiger partial charge in [0.05, 0.1) is 0 Å². The molecule has 0 saturated carbocycles. The molecule has 1 fully saturated rings. The van der Waals surface area contributed by atoms with E-state index in [-0.39, 0.29) is 5.91 Å². The highest BCUT2D eigenvalue weighted by Crippen LogP contribution is 2.19. The zero-order chi connectivity index (χ0) is 13.8. The first-order valence-corrected chi connectivity index (χ1v) is 7.14. The number of hydrogen-bond acceptors (Lipinski definition) is 2. The molecule has 1 heterocycles. The Morgan fingerprint density at radius 1 is 1.32 bits per heavy atom. The smallest absolute Gasteiger partial charge is 0.226 e. The molecule has 2 rings (SSSR count). The molecule has 1 unspecified atom stereocenters. The van der Waals surface area contributed by atoms with E-state index in [9.17, 15) is 4.79 Å². The summed E-state index contributed by atoms with van der Waals surface area (Å²) in [7, 11) is 1.87. The van der Waals surface area contributed by atoms with Crippen LogP contribution in [-0.2, 0) is 4.79 Å². The quantitative estimate of drug-likeness (QED) is 0.903. The summed E-state index contributed by atoms with van der Waals surface area (Å²) in [6.07, 6.45) is 4.03. The predicted octanol–water partition coefficient (Wildman–Crippen LogP) is 2.80. The van der Waals surface area contributed by atoms with Gasteiger partial charge in [-0.25, -0.2) is 0 Å². The largest absolute Gasteiger partial charge is 0.315 e. The number of aryl methyl sites for hydroxylation is 2. The minimum absolute atomic E-state index is 0.207. The molecule has 1 N–H and O–H groups in total. The van der Waals surface area contributed by atoms with Crippen molar-refractivity contribution < 1.29 is 4.79 Å². The van der Waals surface area contributed by atoms with Crippen molar-refractivity contribution in [1.82, 2.24) is 5.32 Å². The molecule has 0 aliphatic carbocycles. The van der Waals surface area contributed by atoms with Crippen LogP contribution in [0.4, 0.5) is 5.69 Å². The van der Waals surface area contributed by atoms with Gasteiger partial charge >= 0.3 is 0 Å². The van der Waals surface area contributed by atoms with E-state index in [0.29, 0.717) is 12.5 Å². The lowest BCUT2D eigenvalue weighted by molar-refractivity contribution is -0.118. The van der Waals surface area contributed by atoms with Crippen LogP contribution >= 0.6 is 0 Å². The summed E-state index contributed by atoms with van der Waals surface area (Å²) in [5.41, 5.74) is 3.40. The Balaban J connectivity index is 1.93. The van der Waals surface area contributed by atoms with Gasteiger partial charge in [0.1, 0.15) is 0 Å². The minimum atomic E-state index is 0.207. The van der Waals surface area contributed by atoms with E-state index in [1.54, 1.807) is 4.90 Å². The molecular formula is C16H24N2O. The second kappa shape index (κ2) is 6.20. The molecule has 1 atom stereocenters. The van der Waals surface area contributed by atoms with Gasteiger partial charge in [0.25, 0.3) is 0 Å². The van der Waals surface area contributed by atoms with E-state index >= 15 is 0 Å². The van der Waals surface area contributed by atoms with Crippen LogP contribution in [0.15, 0.2) is 18.2 Å². The van der Waals surface area contributed by atoms with E-state index in [2.05, 4.69) is 37.4 Å². The van der Waals surface area contributed by atoms with E-state index in [1.165, 1.54) is 24.0 Å². The zero-order valence-corrected chi connectivity index (χ0v) is 12.2. The van der Waals surface area contributed by atoms with Crippen LogP contribution in [-0.4, -0.2) is 25.5 Å². The van der Waals surface area contributed by atoms with E-state index in [4.69, 9.17) is 0 Å². The molecule has 1 aliphatic rings. The van der Waals surface area contributed by atoms with Gasteiger partial charge in [-0.1, -0.05) is 6.07 Å². The number of anilines is 1. The number of rotatable bonds is 4. The molecule has 0 aromatic heterocycles. The first-order chi connectivity index (χ1) is 9.06. The Hall–Kier alpha value is -1.35. The maximum Gasteiger partial charge on any atom is 0.226 e. The molecule has 19 heavy (non-hydrogen) atoms. The van der Waals surface area contributed by atoms with E-state index in [1.807, 2.05) is 7.05 Å². The van der Waals surface area contributed by atoms with Crippen molar-refractivity contribution in [3.63, 3.8) is 0 Å². The van der Waals surface area contributed by atoms with Crippen LogP contribution in [0.2, 0.25) is 0 Å². The number of carbonyl (C=O) groups excluding carboxylic acids is 1. The van der Waals surface area contributed by atoms with Crippen molar-refractivity contribution in [1.29, 1.82) is 0 Å². The third-order valence-corrected chi connectivity index (χ3v) is 3.84. The van der Waals surface area contributed by atoms with Crippen LogP contribution in [0.3, 0.4) is 0 Å². The summed E-state index contributed by atoms with van der Waals surface area (Å²) in [5, 5.41) is 3.44. The van der Waals surface area contributed by atoms with Gasteiger partial charge < -0.3 is 10.2 Å². The first-order valence-electron chi connectivity index (χ1n) is 7.14. The molecule has 1 amide bonds. The van der Waals surface area contributed by atoms with Crippen LogP contribution < -0.4 is 10.2 Å². The molecule has 1 aromatic carbocycles. The van der Waals surface area contributed by atoms with Crippen LogP contribution in [0.1, 0.15) is 36.8 Å². The summed E-state index contributed by atoms with van der Waals surface area (Å²) < 4.78 is 0.